The Kier molecular flexibility index (Phi) is 12.9. The van der Waals surface area contributed by atoms with Crippen LogP contribution >= 0.6 is 0 Å². The number of hydrogen-bond donors (Lipinski definition) is 10. The molecule has 0 aliphatic carbocycles. The van der Waals surface area contributed by atoms with Gasteiger partial charge in [-0.1, -0.05) is 0 Å². The van der Waals surface area contributed by atoms with Gasteiger partial charge in [0, 0.05) is 6.54 Å². The molecule has 0 aromatic rings. The van der Waals surface area contributed by atoms with E-state index in [-0.39, 0.29) is 25.3 Å². The number of nitrogens with one attached hydrogen (secondary N) is 3. The summed E-state index contributed by atoms with van der Waals surface area (Å²) in [5.41, 5.74) is 20.7. The minimum atomic E-state index is -1.59. The highest BCUT2D eigenvalue weighted by molar-refractivity contribution is 5.95. The molecule has 0 rings (SSSR count). The Morgan fingerprint density at radius 1 is 0.812 bits per heavy atom. The number of rotatable bonds is 15. The normalized spacial score (nSPS) is 14.2. The van der Waals surface area contributed by atoms with E-state index in [0.717, 1.165) is 0 Å². The van der Waals surface area contributed by atoms with E-state index in [0.29, 0.717) is 0 Å². The highest BCUT2D eigenvalue weighted by atomic mass is 16.4. The van der Waals surface area contributed by atoms with Crippen LogP contribution in [0.4, 0.5) is 0 Å². The molecule has 4 atom stereocenters. The lowest BCUT2D eigenvalue weighted by atomic mass is 10.1. The van der Waals surface area contributed by atoms with Crippen molar-refractivity contribution in [1.82, 2.24) is 16.0 Å². The molecule has 16 nitrogen and oxygen atoms in total. The van der Waals surface area contributed by atoms with Gasteiger partial charge in [-0.05, 0) is 12.8 Å². The Hall–Kier alpha value is -3.50. The molecule has 0 bridgehead atoms. The molecule has 0 fully saturated rings. The predicted molar refractivity (Wildman–Crippen MR) is 109 cm³/mol. The zero-order valence-electron chi connectivity index (χ0n) is 17.2. The van der Waals surface area contributed by atoms with Crippen LogP contribution in [0, 0.1) is 0 Å². The van der Waals surface area contributed by atoms with Gasteiger partial charge >= 0.3 is 5.97 Å². The third-order valence-electron chi connectivity index (χ3n) is 3.95. The lowest BCUT2D eigenvalue weighted by Crippen LogP contribution is -2.59. The maximum Gasteiger partial charge on any atom is 0.326 e. The van der Waals surface area contributed by atoms with E-state index in [4.69, 9.17) is 22.9 Å². The summed E-state index contributed by atoms with van der Waals surface area (Å²) in [5.74, 6) is -5.46. The summed E-state index contributed by atoms with van der Waals surface area (Å²) in [6.07, 6.45) is -0.334. The Labute approximate surface area is 182 Å². The summed E-state index contributed by atoms with van der Waals surface area (Å²) in [7, 11) is 0. The molecule has 0 saturated carbocycles. The summed E-state index contributed by atoms with van der Waals surface area (Å²) < 4.78 is 0. The number of carboxylic acid groups (broad SMARTS) is 1. The molecule has 0 heterocycles. The van der Waals surface area contributed by atoms with Gasteiger partial charge in [-0.25, -0.2) is 4.79 Å². The molecule has 0 radical (unpaired) electrons. The van der Waals surface area contributed by atoms with Crippen molar-refractivity contribution in [2.75, 3.05) is 19.8 Å². The zero-order chi connectivity index (χ0) is 24.8. The van der Waals surface area contributed by atoms with E-state index in [9.17, 15) is 39.3 Å². The van der Waals surface area contributed by atoms with Gasteiger partial charge in [0.1, 0.15) is 18.1 Å². The molecule has 4 amide bonds. The van der Waals surface area contributed by atoms with Crippen LogP contribution in [0.1, 0.15) is 19.3 Å². The van der Waals surface area contributed by atoms with Crippen LogP contribution < -0.4 is 38.9 Å². The van der Waals surface area contributed by atoms with E-state index >= 15 is 0 Å². The third-order valence-corrected chi connectivity index (χ3v) is 3.95. The number of aliphatic hydroxyl groups is 2. The maximum atomic E-state index is 12.3. The number of carboxylic acids is 1. The lowest BCUT2D eigenvalue weighted by Gasteiger charge is -2.23. The summed E-state index contributed by atoms with van der Waals surface area (Å²) in [5, 5.41) is 34.3. The van der Waals surface area contributed by atoms with Crippen LogP contribution in [0.3, 0.4) is 0 Å². The van der Waals surface area contributed by atoms with Crippen molar-refractivity contribution < 1.29 is 39.3 Å². The van der Waals surface area contributed by atoms with Crippen molar-refractivity contribution in [3.63, 3.8) is 0 Å². The average Bonchev–Trinajstić information content (AvgIpc) is 2.70. The first-order valence-electron chi connectivity index (χ1n) is 9.37. The first kappa shape index (κ1) is 28.5. The molecule has 0 aromatic heterocycles. The van der Waals surface area contributed by atoms with Crippen molar-refractivity contribution in [3.8, 4) is 0 Å². The first-order chi connectivity index (χ1) is 14.9. The van der Waals surface area contributed by atoms with E-state index in [1.54, 1.807) is 0 Å². The quantitative estimate of drug-likeness (QED) is 0.0619. The standard InChI is InChI=1S/C16H30N8O8/c17-7(4-11(18)27)12(28)23-9(5-25)14(30)24-10(6-26)13(29)22-8(15(31)32)2-1-3-21-16(19)20/h7-10,25-26H,1-6,17H2,(H2,18,27)(H,22,29)(H,23,28)(H,24,30)(H,31,32)(H4,19,20,21). The molecule has 4 unspecified atom stereocenters. The monoisotopic (exact) mass is 462 g/mol. The maximum absolute atomic E-state index is 12.3. The Bertz CT molecular complexity index is 712. The molecule has 32 heavy (non-hydrogen) atoms. The lowest BCUT2D eigenvalue weighted by molar-refractivity contribution is -0.142. The second-order valence-electron chi connectivity index (χ2n) is 6.61. The predicted octanol–water partition coefficient (Wildman–Crippen LogP) is -6.23. The number of guanidine groups is 1. The number of aliphatic carboxylic acids is 1. The number of carbonyl (C=O) groups is 5. The summed E-state index contributed by atoms with van der Waals surface area (Å²) in [6, 6.07) is -5.89. The van der Waals surface area contributed by atoms with Crippen molar-refractivity contribution in [1.29, 1.82) is 0 Å². The third kappa shape index (κ3) is 11.0. The van der Waals surface area contributed by atoms with Crippen LogP contribution in [0.2, 0.25) is 0 Å². The highest BCUT2D eigenvalue weighted by Crippen LogP contribution is 2.00. The summed E-state index contributed by atoms with van der Waals surface area (Å²) >= 11 is 0. The largest absolute Gasteiger partial charge is 0.480 e. The highest BCUT2D eigenvalue weighted by Gasteiger charge is 2.29. The molecule has 14 N–H and O–H groups in total. The Balaban J connectivity index is 4.97. The van der Waals surface area contributed by atoms with Gasteiger partial charge in [-0.2, -0.15) is 0 Å². The number of aliphatic imine (C=N–C) groups is 1. The van der Waals surface area contributed by atoms with Crippen LogP contribution in [-0.2, 0) is 24.0 Å². The number of amides is 4. The Morgan fingerprint density at radius 3 is 1.69 bits per heavy atom. The Morgan fingerprint density at radius 2 is 1.28 bits per heavy atom. The van der Waals surface area contributed by atoms with E-state index < -0.39 is 73.4 Å². The topological polar surface area (TPSA) is 299 Å². The van der Waals surface area contributed by atoms with E-state index in [1.807, 2.05) is 0 Å². The molecule has 0 spiro atoms. The fourth-order valence-electron chi connectivity index (χ4n) is 2.28. The van der Waals surface area contributed by atoms with Gasteiger partial charge in [-0.15, -0.1) is 0 Å². The van der Waals surface area contributed by atoms with Crippen LogP contribution in [0.15, 0.2) is 4.99 Å². The molecule has 182 valence electrons. The number of nitrogens with zero attached hydrogens (tertiary/aromatic N) is 1. The van der Waals surface area contributed by atoms with Crippen LogP contribution in [-0.4, -0.2) is 94.8 Å². The van der Waals surface area contributed by atoms with Gasteiger partial charge < -0.3 is 54.2 Å². The summed E-state index contributed by atoms with van der Waals surface area (Å²) in [6.45, 7) is -1.69. The first-order valence-corrected chi connectivity index (χ1v) is 9.37. The van der Waals surface area contributed by atoms with Gasteiger partial charge in [0.15, 0.2) is 5.96 Å². The smallest absolute Gasteiger partial charge is 0.326 e. The number of primary amides is 1. The van der Waals surface area contributed by atoms with Crippen molar-refractivity contribution >= 4 is 35.6 Å². The SMILES string of the molecule is NC(=O)CC(N)C(=O)NC(CO)C(=O)NC(CO)C(=O)NC(CCCN=C(N)N)C(=O)O. The number of carbonyl (C=O) groups excluding carboxylic acids is 4. The number of aliphatic hydroxyl groups excluding tert-OH is 2. The van der Waals surface area contributed by atoms with E-state index in [1.165, 1.54) is 0 Å². The second kappa shape index (κ2) is 14.5. The van der Waals surface area contributed by atoms with Crippen LogP contribution in [0.5, 0.6) is 0 Å². The number of nitrogens with two attached hydrogens (primary N) is 4. The minimum absolute atomic E-state index is 0.0446. The molecule has 0 aromatic carbocycles. The zero-order valence-corrected chi connectivity index (χ0v) is 17.2. The summed E-state index contributed by atoms with van der Waals surface area (Å²) in [4.78, 5) is 62.3. The minimum Gasteiger partial charge on any atom is -0.480 e. The second-order valence-corrected chi connectivity index (χ2v) is 6.61. The van der Waals surface area contributed by atoms with E-state index in [2.05, 4.69) is 20.9 Å². The van der Waals surface area contributed by atoms with Gasteiger partial charge in [0.2, 0.25) is 23.6 Å². The molecule has 16 heteroatoms. The fraction of sp³-hybridized carbons (Fsp3) is 0.625. The molecule has 0 saturated heterocycles. The average molecular weight is 462 g/mol. The van der Waals surface area contributed by atoms with Gasteiger partial charge in [0.25, 0.3) is 0 Å². The van der Waals surface area contributed by atoms with Gasteiger partial charge in [0.05, 0.1) is 25.7 Å². The molecular weight excluding hydrogens is 432 g/mol. The van der Waals surface area contributed by atoms with Crippen molar-refractivity contribution in [2.45, 2.75) is 43.4 Å². The van der Waals surface area contributed by atoms with Crippen LogP contribution in [0.25, 0.3) is 0 Å². The molecule has 0 aliphatic heterocycles. The van der Waals surface area contributed by atoms with Crippen molar-refractivity contribution in [2.24, 2.45) is 27.9 Å². The molecular formula is C16H30N8O8. The number of hydrogen-bond acceptors (Lipinski definition) is 9. The van der Waals surface area contributed by atoms with Crippen molar-refractivity contribution in [3.05, 3.63) is 0 Å². The van der Waals surface area contributed by atoms with Gasteiger partial charge in [-0.3, -0.25) is 24.2 Å². The molecule has 0 aliphatic rings. The fourth-order valence-corrected chi connectivity index (χ4v) is 2.28.